The highest BCUT2D eigenvalue weighted by molar-refractivity contribution is 7.47. The Morgan fingerprint density at radius 2 is 0.649 bits per heavy atom. The van der Waals surface area contributed by atoms with E-state index in [1.165, 1.54) is 302 Å². The van der Waals surface area contributed by atoms with Crippen molar-refractivity contribution in [2.45, 2.75) is 385 Å². The first-order chi connectivity index (χ1) is 37.4. The lowest BCUT2D eigenvalue weighted by Gasteiger charge is -2.28. The number of aliphatic hydroxyl groups is 2. The van der Waals surface area contributed by atoms with E-state index in [-0.39, 0.29) is 12.5 Å². The van der Waals surface area contributed by atoms with Crippen molar-refractivity contribution in [3.8, 4) is 0 Å². The topological polar surface area (TPSA) is 125 Å². The quantitative estimate of drug-likeness (QED) is 0.0272. The minimum absolute atomic E-state index is 0.0260. The van der Waals surface area contributed by atoms with Crippen molar-refractivity contribution in [2.75, 3.05) is 40.9 Å². The van der Waals surface area contributed by atoms with Gasteiger partial charge in [-0.1, -0.05) is 348 Å². The number of likely N-dealkylation sites (N-methyl/N-ethyl adjacent to an activating group) is 1. The number of aliphatic hydroxyl groups excluding tert-OH is 2. The Morgan fingerprint density at radius 3 is 0.909 bits per heavy atom. The number of carbonyl (C=O) groups is 1. The molecule has 0 bridgehead atoms. The molecule has 1 amide bonds. The van der Waals surface area contributed by atoms with E-state index in [4.69, 9.17) is 9.05 Å². The summed E-state index contributed by atoms with van der Waals surface area (Å²) in [6.45, 7) is 4.66. The van der Waals surface area contributed by atoms with E-state index in [0.717, 1.165) is 38.5 Å². The molecule has 10 heteroatoms. The van der Waals surface area contributed by atoms with Gasteiger partial charge in [0.2, 0.25) is 5.91 Å². The molecular weight excluding hydrogens is 976 g/mol. The Kier molecular flexibility index (Phi) is 58.2. The molecule has 462 valence electrons. The Labute approximate surface area is 481 Å². The van der Waals surface area contributed by atoms with Crippen molar-refractivity contribution >= 4 is 13.7 Å². The van der Waals surface area contributed by atoms with Gasteiger partial charge in [0.25, 0.3) is 0 Å². The Morgan fingerprint density at radius 1 is 0.403 bits per heavy atom. The number of phosphoric acid groups is 1. The Hall–Kier alpha value is -0.540. The van der Waals surface area contributed by atoms with E-state index in [0.29, 0.717) is 23.9 Å². The molecule has 4 atom stereocenters. The van der Waals surface area contributed by atoms with Gasteiger partial charge in [-0.3, -0.25) is 13.8 Å². The SMILES string of the molecule is CCCCCCCCCCCCCCCCCCCCCCCCCCCCCCCCCCCCCCCCCCCC(=O)NC(COP(=O)(O)OCC[N+](C)(C)C)C(O)C(O)CCCCCCCCCCCCCC. The lowest BCUT2D eigenvalue weighted by atomic mass is 9.99. The summed E-state index contributed by atoms with van der Waals surface area (Å²) in [6.07, 6.45) is 69.7. The Bertz CT molecular complexity index is 1240. The van der Waals surface area contributed by atoms with Crippen molar-refractivity contribution in [3.05, 3.63) is 0 Å². The van der Waals surface area contributed by atoms with Crippen LogP contribution in [0.25, 0.3) is 0 Å². The maximum absolute atomic E-state index is 13.0. The number of nitrogens with one attached hydrogen (secondary N) is 1. The van der Waals surface area contributed by atoms with E-state index in [9.17, 15) is 24.5 Å². The number of nitrogens with zero attached hydrogens (tertiary/aromatic N) is 1. The van der Waals surface area contributed by atoms with Crippen LogP contribution in [-0.2, 0) is 18.4 Å². The van der Waals surface area contributed by atoms with Crippen LogP contribution in [0.4, 0.5) is 0 Å². The van der Waals surface area contributed by atoms with Gasteiger partial charge in [-0.15, -0.1) is 0 Å². The molecule has 0 aliphatic heterocycles. The smallest absolute Gasteiger partial charge is 0.390 e. The molecule has 0 aliphatic carbocycles. The molecule has 0 aliphatic rings. The van der Waals surface area contributed by atoms with E-state index >= 15 is 0 Å². The van der Waals surface area contributed by atoms with Crippen molar-refractivity contribution in [1.82, 2.24) is 5.32 Å². The maximum atomic E-state index is 13.0. The third-order valence-electron chi connectivity index (χ3n) is 16.4. The molecule has 0 aromatic heterocycles. The first-order valence-corrected chi connectivity index (χ1v) is 36.0. The minimum atomic E-state index is -4.42. The van der Waals surface area contributed by atoms with E-state index in [2.05, 4.69) is 19.2 Å². The third kappa shape index (κ3) is 59.9. The zero-order valence-corrected chi connectivity index (χ0v) is 53.5. The molecule has 4 N–H and O–H groups in total. The van der Waals surface area contributed by atoms with Gasteiger partial charge in [-0.2, -0.15) is 0 Å². The lowest BCUT2D eigenvalue weighted by Crippen LogP contribution is -2.51. The molecule has 0 radical (unpaired) electrons. The van der Waals surface area contributed by atoms with Crippen LogP contribution in [0, 0.1) is 0 Å². The predicted molar refractivity (Wildman–Crippen MR) is 334 cm³/mol. The van der Waals surface area contributed by atoms with Gasteiger partial charge in [0.15, 0.2) is 0 Å². The molecule has 0 aromatic rings. The summed E-state index contributed by atoms with van der Waals surface area (Å²) < 4.78 is 23.7. The number of hydrogen-bond acceptors (Lipinski definition) is 6. The fourth-order valence-electron chi connectivity index (χ4n) is 11.0. The van der Waals surface area contributed by atoms with Crippen molar-refractivity contribution in [3.63, 3.8) is 0 Å². The molecule has 77 heavy (non-hydrogen) atoms. The fourth-order valence-corrected chi connectivity index (χ4v) is 11.8. The molecule has 4 unspecified atom stereocenters. The molecule has 0 saturated heterocycles. The molecule has 0 spiro atoms. The Balaban J connectivity index is 3.82. The number of carbonyl (C=O) groups excluding carboxylic acids is 1. The van der Waals surface area contributed by atoms with Crippen LogP contribution in [0.15, 0.2) is 0 Å². The second-order valence-electron chi connectivity index (χ2n) is 25.4. The van der Waals surface area contributed by atoms with E-state index in [1.807, 2.05) is 21.1 Å². The predicted octanol–water partition coefficient (Wildman–Crippen LogP) is 20.5. The van der Waals surface area contributed by atoms with Crippen LogP contribution in [0.3, 0.4) is 0 Å². The zero-order valence-electron chi connectivity index (χ0n) is 52.6. The zero-order chi connectivity index (χ0) is 56.4. The van der Waals surface area contributed by atoms with Gasteiger partial charge in [0, 0.05) is 6.42 Å². The van der Waals surface area contributed by atoms with E-state index < -0.39 is 32.7 Å². The van der Waals surface area contributed by atoms with Gasteiger partial charge in [-0.25, -0.2) is 4.57 Å². The highest BCUT2D eigenvalue weighted by atomic mass is 31.2. The number of hydrogen-bond donors (Lipinski definition) is 4. The minimum Gasteiger partial charge on any atom is -0.390 e. The number of quaternary nitrogens is 1. The monoisotopic (exact) mass is 1110 g/mol. The second kappa shape index (κ2) is 58.6. The highest BCUT2D eigenvalue weighted by Gasteiger charge is 2.32. The van der Waals surface area contributed by atoms with Crippen LogP contribution in [0.2, 0.25) is 0 Å². The molecule has 0 heterocycles. The number of amides is 1. The van der Waals surface area contributed by atoms with Crippen molar-refractivity contribution in [1.29, 1.82) is 0 Å². The average Bonchev–Trinajstić information content (AvgIpc) is 3.39. The summed E-state index contributed by atoms with van der Waals surface area (Å²) in [6, 6.07) is -1.03. The summed E-state index contributed by atoms with van der Waals surface area (Å²) in [5, 5.41) is 24.9. The van der Waals surface area contributed by atoms with Crippen molar-refractivity contribution < 1.29 is 38.0 Å². The van der Waals surface area contributed by atoms with Crippen LogP contribution < -0.4 is 5.32 Å². The number of unbranched alkanes of at least 4 members (excludes halogenated alkanes) is 51. The number of rotatable bonds is 65. The van der Waals surface area contributed by atoms with Gasteiger partial charge >= 0.3 is 7.82 Å². The molecular formula is C67H138N2O7P+. The summed E-state index contributed by atoms with van der Waals surface area (Å²) in [5.41, 5.74) is 0. The molecule has 0 saturated carbocycles. The van der Waals surface area contributed by atoms with E-state index in [1.54, 1.807) is 0 Å². The normalized spacial score (nSPS) is 14.0. The van der Waals surface area contributed by atoms with Crippen LogP contribution in [-0.4, -0.2) is 84.6 Å². The fraction of sp³-hybridized carbons (Fsp3) is 0.985. The van der Waals surface area contributed by atoms with Gasteiger partial charge < -0.3 is 24.9 Å². The second-order valence-corrected chi connectivity index (χ2v) is 26.9. The molecule has 0 aromatic carbocycles. The van der Waals surface area contributed by atoms with Crippen LogP contribution in [0.1, 0.15) is 367 Å². The summed E-state index contributed by atoms with van der Waals surface area (Å²) in [5.74, 6) is -0.249. The maximum Gasteiger partial charge on any atom is 0.472 e. The van der Waals surface area contributed by atoms with Crippen LogP contribution in [0.5, 0.6) is 0 Å². The summed E-state index contributed by atoms with van der Waals surface area (Å²) >= 11 is 0. The molecule has 9 nitrogen and oxygen atoms in total. The summed E-state index contributed by atoms with van der Waals surface area (Å²) in [4.78, 5) is 23.4. The van der Waals surface area contributed by atoms with Gasteiger partial charge in [-0.05, 0) is 12.8 Å². The average molecular weight is 1110 g/mol. The van der Waals surface area contributed by atoms with Crippen LogP contribution >= 0.6 is 7.82 Å². The number of phosphoric ester groups is 1. The van der Waals surface area contributed by atoms with Crippen molar-refractivity contribution in [2.24, 2.45) is 0 Å². The molecule has 0 rings (SSSR count). The van der Waals surface area contributed by atoms with Gasteiger partial charge in [0.05, 0.1) is 39.9 Å². The largest absolute Gasteiger partial charge is 0.472 e. The highest BCUT2D eigenvalue weighted by Crippen LogP contribution is 2.43. The standard InChI is InChI=1S/C67H137N2O7P/c1-6-8-10-12-14-16-18-20-21-22-23-24-25-26-27-28-29-30-31-32-33-34-35-36-37-38-39-40-41-42-43-44-45-46-47-48-50-52-54-56-58-60-66(71)68-64(63-76-77(73,74)75-62-61-69(3,4)5)67(72)65(70)59-57-55-53-51-49-19-17-15-13-11-9-7-2/h64-65,67,70,72H,6-63H2,1-5H3,(H-,68,71,73,74)/p+1. The third-order valence-corrected chi connectivity index (χ3v) is 17.4. The van der Waals surface area contributed by atoms with Gasteiger partial charge in [0.1, 0.15) is 19.3 Å². The lowest BCUT2D eigenvalue weighted by molar-refractivity contribution is -0.870. The first-order valence-electron chi connectivity index (χ1n) is 34.5. The first kappa shape index (κ1) is 76.5. The molecule has 0 fully saturated rings. The summed E-state index contributed by atoms with van der Waals surface area (Å²) in [7, 11) is 1.46.